The van der Waals surface area contributed by atoms with Gasteiger partial charge in [0.2, 0.25) is 41.4 Å². The summed E-state index contributed by atoms with van der Waals surface area (Å²) in [7, 11) is 0. The van der Waals surface area contributed by atoms with Crippen LogP contribution in [0.25, 0.3) is 0 Å². The normalized spacial score (nSPS) is 19.2. The van der Waals surface area contributed by atoms with Gasteiger partial charge in [0.15, 0.2) is 23.8 Å². The van der Waals surface area contributed by atoms with Crippen molar-refractivity contribution in [1.82, 2.24) is 58.5 Å². The fraction of sp³-hybridized carbons (Fsp3) is 0.319. The molecule has 0 aromatic heterocycles. The quantitative estimate of drug-likeness (QED) is 0.0221. The lowest BCUT2D eigenvalue weighted by Gasteiger charge is -2.35. The van der Waals surface area contributed by atoms with Crippen molar-refractivity contribution in [2.75, 3.05) is 26.2 Å². The molecule has 1 aliphatic heterocycles. The van der Waals surface area contributed by atoms with Crippen LogP contribution >= 0.6 is 0 Å². The molecule has 0 radical (unpaired) electrons. The van der Waals surface area contributed by atoms with Crippen molar-refractivity contribution in [2.24, 2.45) is 22.9 Å². The summed E-state index contributed by atoms with van der Waals surface area (Å²) in [6.07, 6.45) is 0.0577. The summed E-state index contributed by atoms with van der Waals surface area (Å²) in [6, 6.07) is 43.3. The Hall–Kier alpha value is -11.3. The number of nitrogens with two attached hydrogens (primary N) is 4. The van der Waals surface area contributed by atoms with Crippen molar-refractivity contribution in [3.05, 3.63) is 215 Å². The first-order valence-electron chi connectivity index (χ1n) is 31.6. The summed E-state index contributed by atoms with van der Waals surface area (Å²) in [5.74, 6) is -10.4. The summed E-state index contributed by atoms with van der Waals surface area (Å²) in [4.78, 5) is 110. The Labute approximate surface area is 552 Å². The molecule has 26 nitrogen and oxygen atoms in total. The highest BCUT2D eigenvalue weighted by molar-refractivity contribution is 6.00. The minimum absolute atomic E-state index is 0.0748. The minimum Gasteiger partial charge on any atom is -0.370 e. The van der Waals surface area contributed by atoms with Crippen LogP contribution in [0.2, 0.25) is 0 Å². The second kappa shape index (κ2) is 36.7. The molecular weight excluding hydrogens is 1210 g/mol. The number of carbonyl (C=O) groups is 7. The van der Waals surface area contributed by atoms with Gasteiger partial charge in [-0.1, -0.05) is 182 Å². The fourth-order valence-corrected chi connectivity index (χ4v) is 11.6. The Balaban J connectivity index is 1.50. The van der Waals surface area contributed by atoms with Crippen molar-refractivity contribution in [1.29, 1.82) is 21.6 Å². The van der Waals surface area contributed by atoms with Crippen molar-refractivity contribution >= 4 is 65.2 Å². The third kappa shape index (κ3) is 21.9. The van der Waals surface area contributed by atoms with Crippen LogP contribution < -0.4 is 81.4 Å². The molecule has 26 heteroatoms. The van der Waals surface area contributed by atoms with Gasteiger partial charge in [-0.05, 0) is 84.7 Å². The van der Waals surface area contributed by atoms with E-state index < -0.39 is 101 Å². The van der Waals surface area contributed by atoms with E-state index in [-0.39, 0.29) is 101 Å². The molecule has 500 valence electrons. The van der Waals surface area contributed by atoms with Crippen LogP contribution in [-0.4, -0.2) is 134 Å². The predicted molar refractivity (Wildman–Crippen MR) is 364 cm³/mol. The molecule has 0 aliphatic carbocycles. The molecule has 7 amide bonds. The molecule has 1 fully saturated rings. The Bertz CT molecular complexity index is 3280. The number of guanidine groups is 4. The lowest BCUT2D eigenvalue weighted by atomic mass is 9.81. The average Bonchev–Trinajstić information content (AvgIpc) is 0.866. The van der Waals surface area contributed by atoms with Gasteiger partial charge in [-0.25, -0.2) is 0 Å². The maximum absolute atomic E-state index is 16.5. The van der Waals surface area contributed by atoms with Gasteiger partial charge in [-0.2, -0.15) is 0 Å². The van der Waals surface area contributed by atoms with E-state index in [4.69, 9.17) is 44.6 Å². The van der Waals surface area contributed by atoms with Crippen LogP contribution in [0.1, 0.15) is 103 Å². The first-order valence-corrected chi connectivity index (χ1v) is 31.6. The van der Waals surface area contributed by atoms with Crippen LogP contribution in [0.5, 0.6) is 0 Å². The van der Waals surface area contributed by atoms with E-state index >= 15 is 33.6 Å². The molecule has 1 heterocycles. The highest BCUT2D eigenvalue weighted by atomic mass is 16.2. The Morgan fingerprint density at radius 3 is 0.653 bits per heavy atom. The second-order valence-corrected chi connectivity index (χ2v) is 23.0. The molecule has 0 saturated carbocycles. The first-order chi connectivity index (χ1) is 45.9. The number of rotatable bonds is 25. The molecule has 7 rings (SSSR count). The van der Waals surface area contributed by atoms with Crippen molar-refractivity contribution < 1.29 is 33.6 Å². The Kier molecular flexibility index (Phi) is 27.4. The summed E-state index contributed by atoms with van der Waals surface area (Å²) < 4.78 is 0. The number of benzene rings is 6. The second-order valence-electron chi connectivity index (χ2n) is 23.0. The van der Waals surface area contributed by atoms with Gasteiger partial charge >= 0.3 is 0 Å². The average molecular weight is 1290 g/mol. The fourth-order valence-electron chi connectivity index (χ4n) is 11.6. The molecule has 1 aliphatic rings. The molecule has 7 atom stereocenters. The van der Waals surface area contributed by atoms with Gasteiger partial charge in [0.05, 0.1) is 0 Å². The first kappa shape index (κ1) is 71.1. The lowest BCUT2D eigenvalue weighted by molar-refractivity contribution is -0.135. The number of hydrogen-bond donors (Lipinski definition) is 19. The number of amides is 7. The topological polar surface area (TPSA) is 451 Å². The number of nitrogens with one attached hydrogen (secondary N) is 15. The van der Waals surface area contributed by atoms with Crippen LogP contribution in [0.4, 0.5) is 0 Å². The van der Waals surface area contributed by atoms with Crippen LogP contribution in [0.3, 0.4) is 0 Å². The lowest BCUT2D eigenvalue weighted by Crippen LogP contribution is -2.62. The van der Waals surface area contributed by atoms with Gasteiger partial charge in [0, 0.05) is 43.9 Å². The molecule has 6 aromatic carbocycles. The Morgan fingerprint density at radius 2 is 0.453 bits per heavy atom. The smallest absolute Gasteiger partial charge is 0.244 e. The highest BCUT2D eigenvalue weighted by Crippen LogP contribution is 2.34. The summed E-state index contributed by atoms with van der Waals surface area (Å²) in [6.45, 7) is 0.304. The van der Waals surface area contributed by atoms with Gasteiger partial charge < -0.3 is 81.4 Å². The van der Waals surface area contributed by atoms with Crippen LogP contribution in [0.15, 0.2) is 182 Å². The van der Waals surface area contributed by atoms with E-state index in [1.807, 2.05) is 36.4 Å². The van der Waals surface area contributed by atoms with E-state index in [1.54, 1.807) is 146 Å². The third-order valence-electron chi connectivity index (χ3n) is 16.2. The maximum atomic E-state index is 16.5. The van der Waals surface area contributed by atoms with Crippen molar-refractivity contribution in [3.63, 3.8) is 0 Å². The molecular formula is C69H87N19O7. The summed E-state index contributed by atoms with van der Waals surface area (Å²) >= 11 is 0. The van der Waals surface area contributed by atoms with Gasteiger partial charge in [0.25, 0.3) is 0 Å². The van der Waals surface area contributed by atoms with E-state index in [9.17, 15) is 0 Å². The van der Waals surface area contributed by atoms with E-state index in [0.717, 1.165) is 0 Å². The van der Waals surface area contributed by atoms with Crippen LogP contribution in [0, 0.1) is 21.6 Å². The molecule has 0 bridgehead atoms. The van der Waals surface area contributed by atoms with Gasteiger partial charge in [-0.15, -0.1) is 0 Å². The zero-order chi connectivity index (χ0) is 68.1. The van der Waals surface area contributed by atoms with E-state index in [0.29, 0.717) is 33.4 Å². The van der Waals surface area contributed by atoms with E-state index in [2.05, 4.69) is 58.5 Å². The molecule has 0 spiro atoms. The molecule has 1 saturated heterocycles. The monoisotopic (exact) mass is 1290 g/mol. The number of hydrogen-bond acceptors (Lipinski definition) is 11. The SMILES string of the molecule is N=C(N)NCCC[C@@H]1NC(=O)[C@H](CCCNC(=N)N)NC(=O)[C@H](CCCNC(=N)N)NC(=O)[C@H](C(c2ccccc2)c2ccccc2)NC(=O)[C@H](C(c2ccccc2)c2ccccc2)NC(=O)[C@H](C(c2ccccc2)c2ccccc2)NC(=O)[C@H](CCCNC(=N)N)NC1=O. The van der Waals surface area contributed by atoms with Crippen LogP contribution in [-0.2, 0) is 33.6 Å². The summed E-state index contributed by atoms with van der Waals surface area (Å²) in [5, 5.41) is 62.8. The third-order valence-corrected chi connectivity index (χ3v) is 16.2. The molecule has 23 N–H and O–H groups in total. The zero-order valence-corrected chi connectivity index (χ0v) is 52.7. The zero-order valence-electron chi connectivity index (χ0n) is 52.7. The number of carbonyl (C=O) groups excluding carboxylic acids is 7. The molecule has 6 aromatic rings. The predicted octanol–water partition coefficient (Wildman–Crippen LogP) is 1.94. The molecule has 95 heavy (non-hydrogen) atoms. The maximum Gasteiger partial charge on any atom is 0.244 e. The van der Waals surface area contributed by atoms with Crippen molar-refractivity contribution in [3.8, 4) is 0 Å². The van der Waals surface area contributed by atoms with Gasteiger partial charge in [0.1, 0.15) is 42.3 Å². The Morgan fingerprint density at radius 1 is 0.284 bits per heavy atom. The molecule has 0 unspecified atom stereocenters. The van der Waals surface area contributed by atoms with Gasteiger partial charge in [-0.3, -0.25) is 55.2 Å². The minimum atomic E-state index is -1.62. The van der Waals surface area contributed by atoms with Crippen molar-refractivity contribution in [2.45, 2.75) is 111 Å². The summed E-state index contributed by atoms with van der Waals surface area (Å²) in [5.41, 5.74) is 26.1. The van der Waals surface area contributed by atoms with E-state index in [1.165, 1.54) is 0 Å². The largest absolute Gasteiger partial charge is 0.370 e. The highest BCUT2D eigenvalue weighted by Gasteiger charge is 2.43. The standard InChI is InChI=1S/C69H87N19O7/c70-66(71)78-39-19-35-49-59(89)82-50(36-20-40-79-67(72)73)60(90)84-52(38-22-42-81-69(76)77)62(92)86-57(54(45-27-11-3-12-28-45)46-29-13-4-14-30-46)64(94)88-58(55(47-31-15-5-16-32-47)48-33-17-6-18-34-48)65(95)87-56(53(43-23-7-1-8-24-43)44-25-9-2-10-26-44)63(93)85-51(61(91)83-49)37-21-41-80-68(74)75/h1-18,23-34,49-58H,19-22,35-42H2,(H,82,89)(H,83,91)(H,84,90)(H,85,93)(H,86,92)(H,87,95)(H,88,94)(H4,70,71,78)(H4,72,73,79)(H4,74,75,80)(H4,76,77,81)/t49-,50-,51-,52-,56-,57-,58-/m0/s1.